The molecule has 0 N–H and O–H groups in total. The van der Waals surface area contributed by atoms with Crippen LogP contribution in [0.25, 0.3) is 0 Å². The SMILES string of the molecule is CC1CC(=O)c2cc(Br)ccc2S1. The Balaban J connectivity index is 2.49. The van der Waals surface area contributed by atoms with E-state index in [9.17, 15) is 4.79 Å². The highest BCUT2D eigenvalue weighted by Crippen LogP contribution is 2.36. The van der Waals surface area contributed by atoms with Gasteiger partial charge in [0, 0.05) is 26.6 Å². The van der Waals surface area contributed by atoms with Crippen molar-refractivity contribution >= 4 is 33.5 Å². The van der Waals surface area contributed by atoms with Crippen LogP contribution in [0.2, 0.25) is 0 Å². The topological polar surface area (TPSA) is 17.1 Å². The highest BCUT2D eigenvalue weighted by atomic mass is 79.9. The molecule has 1 heterocycles. The van der Waals surface area contributed by atoms with E-state index in [4.69, 9.17) is 0 Å². The molecule has 1 atom stereocenters. The van der Waals surface area contributed by atoms with Crippen LogP contribution in [0, 0.1) is 0 Å². The molecule has 1 unspecified atom stereocenters. The molecule has 68 valence electrons. The summed E-state index contributed by atoms with van der Waals surface area (Å²) in [5.41, 5.74) is 0.873. The first-order valence-electron chi connectivity index (χ1n) is 4.16. The first-order valence-corrected chi connectivity index (χ1v) is 5.83. The number of ketones is 1. The standard InChI is InChI=1S/C10H9BrOS/c1-6-4-9(12)8-5-7(11)2-3-10(8)13-6/h2-3,5-6H,4H2,1H3. The van der Waals surface area contributed by atoms with Gasteiger partial charge < -0.3 is 0 Å². The lowest BCUT2D eigenvalue weighted by atomic mass is 10.1. The Morgan fingerprint density at radius 2 is 2.31 bits per heavy atom. The number of halogens is 1. The number of hydrogen-bond donors (Lipinski definition) is 0. The molecule has 0 amide bonds. The summed E-state index contributed by atoms with van der Waals surface area (Å²) >= 11 is 5.15. The van der Waals surface area contributed by atoms with Gasteiger partial charge in [0.2, 0.25) is 0 Å². The summed E-state index contributed by atoms with van der Waals surface area (Å²) in [5, 5.41) is 0.418. The van der Waals surface area contributed by atoms with Gasteiger partial charge in [-0.25, -0.2) is 0 Å². The fourth-order valence-electron chi connectivity index (χ4n) is 1.45. The molecule has 0 saturated heterocycles. The van der Waals surface area contributed by atoms with Crippen molar-refractivity contribution in [2.24, 2.45) is 0 Å². The molecule has 0 bridgehead atoms. The molecular formula is C10H9BrOS. The Morgan fingerprint density at radius 3 is 3.08 bits per heavy atom. The van der Waals surface area contributed by atoms with Crippen molar-refractivity contribution in [3.63, 3.8) is 0 Å². The van der Waals surface area contributed by atoms with Gasteiger partial charge >= 0.3 is 0 Å². The lowest BCUT2D eigenvalue weighted by Crippen LogP contribution is -2.14. The van der Waals surface area contributed by atoms with Gasteiger partial charge in [0.1, 0.15) is 0 Å². The van der Waals surface area contributed by atoms with E-state index >= 15 is 0 Å². The van der Waals surface area contributed by atoms with E-state index in [1.165, 1.54) is 0 Å². The average molecular weight is 257 g/mol. The third-order valence-corrected chi connectivity index (χ3v) is 3.72. The number of hydrogen-bond acceptors (Lipinski definition) is 2. The van der Waals surface area contributed by atoms with Gasteiger partial charge in [-0.1, -0.05) is 22.9 Å². The largest absolute Gasteiger partial charge is 0.294 e. The van der Waals surface area contributed by atoms with Crippen molar-refractivity contribution in [2.75, 3.05) is 0 Å². The molecule has 1 nitrogen and oxygen atoms in total. The van der Waals surface area contributed by atoms with E-state index in [1.807, 2.05) is 18.2 Å². The van der Waals surface area contributed by atoms with Crippen LogP contribution in [0.15, 0.2) is 27.6 Å². The zero-order valence-corrected chi connectivity index (χ0v) is 9.61. The quantitative estimate of drug-likeness (QED) is 0.707. The molecule has 2 rings (SSSR count). The van der Waals surface area contributed by atoms with Crippen LogP contribution in [-0.4, -0.2) is 11.0 Å². The molecule has 13 heavy (non-hydrogen) atoms. The smallest absolute Gasteiger partial charge is 0.165 e. The molecule has 1 aromatic carbocycles. The van der Waals surface area contributed by atoms with E-state index in [-0.39, 0.29) is 5.78 Å². The summed E-state index contributed by atoms with van der Waals surface area (Å²) in [6.45, 7) is 2.09. The van der Waals surface area contributed by atoms with E-state index in [0.29, 0.717) is 11.7 Å². The molecule has 0 aliphatic carbocycles. The lowest BCUT2D eigenvalue weighted by Gasteiger charge is -2.19. The first-order chi connectivity index (χ1) is 6.16. The second-order valence-corrected chi connectivity index (χ2v) is 5.59. The first kappa shape index (κ1) is 9.28. The van der Waals surface area contributed by atoms with Gasteiger partial charge in [0.05, 0.1) is 0 Å². The zero-order chi connectivity index (χ0) is 9.42. The van der Waals surface area contributed by atoms with Crippen molar-refractivity contribution in [3.05, 3.63) is 28.2 Å². The minimum atomic E-state index is 0.266. The van der Waals surface area contributed by atoms with Crippen molar-refractivity contribution in [1.82, 2.24) is 0 Å². The van der Waals surface area contributed by atoms with E-state index in [0.717, 1.165) is 14.9 Å². The van der Waals surface area contributed by atoms with Gasteiger partial charge in [0.15, 0.2) is 5.78 Å². The third kappa shape index (κ3) is 1.81. The van der Waals surface area contributed by atoms with Crippen molar-refractivity contribution in [2.45, 2.75) is 23.5 Å². The number of carbonyl (C=O) groups excluding carboxylic acids is 1. The van der Waals surface area contributed by atoms with E-state index in [2.05, 4.69) is 22.9 Å². The second-order valence-electron chi connectivity index (χ2n) is 3.20. The van der Waals surface area contributed by atoms with E-state index < -0.39 is 0 Å². The fourth-order valence-corrected chi connectivity index (χ4v) is 2.93. The second kappa shape index (κ2) is 3.46. The molecule has 0 spiro atoms. The summed E-state index contributed by atoms with van der Waals surface area (Å²) in [6.07, 6.45) is 0.661. The van der Waals surface area contributed by atoms with E-state index in [1.54, 1.807) is 11.8 Å². The summed E-state index contributed by atoms with van der Waals surface area (Å²) in [6, 6.07) is 5.91. The van der Waals surface area contributed by atoms with Crippen molar-refractivity contribution in [1.29, 1.82) is 0 Å². The maximum absolute atomic E-state index is 11.6. The van der Waals surface area contributed by atoms with Crippen LogP contribution < -0.4 is 0 Å². The number of fused-ring (bicyclic) bond motifs is 1. The number of Topliss-reactive ketones (excluding diaryl/α,β-unsaturated/α-hetero) is 1. The minimum absolute atomic E-state index is 0.266. The maximum Gasteiger partial charge on any atom is 0.165 e. The Morgan fingerprint density at radius 1 is 1.54 bits per heavy atom. The van der Waals surface area contributed by atoms with Gasteiger partial charge in [0.25, 0.3) is 0 Å². The fraction of sp³-hybridized carbons (Fsp3) is 0.300. The van der Waals surface area contributed by atoms with Crippen LogP contribution in [-0.2, 0) is 0 Å². The highest BCUT2D eigenvalue weighted by Gasteiger charge is 2.22. The van der Waals surface area contributed by atoms with Crippen LogP contribution in [0.3, 0.4) is 0 Å². The minimum Gasteiger partial charge on any atom is -0.294 e. The Kier molecular flexibility index (Phi) is 2.47. The Hall–Kier alpha value is -0.280. The van der Waals surface area contributed by atoms with Gasteiger partial charge in [-0.15, -0.1) is 11.8 Å². The molecule has 1 aromatic rings. The van der Waals surface area contributed by atoms with Crippen LogP contribution in [0.5, 0.6) is 0 Å². The summed E-state index contributed by atoms with van der Waals surface area (Å²) in [5.74, 6) is 0.266. The predicted octanol–water partition coefficient (Wildman–Crippen LogP) is 3.52. The lowest BCUT2D eigenvalue weighted by molar-refractivity contribution is 0.0978. The van der Waals surface area contributed by atoms with Crippen LogP contribution in [0.1, 0.15) is 23.7 Å². The molecule has 1 aliphatic heterocycles. The average Bonchev–Trinajstić information content (AvgIpc) is 2.06. The molecule has 0 saturated carbocycles. The van der Waals surface area contributed by atoms with Crippen LogP contribution >= 0.6 is 27.7 Å². The molecular weight excluding hydrogens is 248 g/mol. The van der Waals surface area contributed by atoms with Crippen molar-refractivity contribution < 1.29 is 4.79 Å². The third-order valence-electron chi connectivity index (χ3n) is 2.04. The Labute approximate surface area is 90.0 Å². The number of benzene rings is 1. The zero-order valence-electron chi connectivity index (χ0n) is 7.21. The normalized spacial score (nSPS) is 21.4. The predicted molar refractivity (Wildman–Crippen MR) is 58.4 cm³/mol. The molecule has 0 radical (unpaired) electrons. The number of carbonyl (C=O) groups is 1. The molecule has 1 aliphatic rings. The van der Waals surface area contributed by atoms with Crippen LogP contribution in [0.4, 0.5) is 0 Å². The Bertz CT molecular complexity index is 362. The van der Waals surface area contributed by atoms with Gasteiger partial charge in [-0.3, -0.25) is 4.79 Å². The molecule has 3 heteroatoms. The summed E-state index contributed by atoms with van der Waals surface area (Å²) < 4.78 is 0.981. The maximum atomic E-state index is 11.6. The highest BCUT2D eigenvalue weighted by molar-refractivity contribution is 9.10. The van der Waals surface area contributed by atoms with Crippen molar-refractivity contribution in [3.8, 4) is 0 Å². The number of thioether (sulfide) groups is 1. The number of rotatable bonds is 0. The molecule has 0 aromatic heterocycles. The van der Waals surface area contributed by atoms with Gasteiger partial charge in [-0.2, -0.15) is 0 Å². The monoisotopic (exact) mass is 256 g/mol. The van der Waals surface area contributed by atoms with Gasteiger partial charge in [-0.05, 0) is 18.2 Å². The summed E-state index contributed by atoms with van der Waals surface area (Å²) in [7, 11) is 0. The molecule has 0 fully saturated rings. The summed E-state index contributed by atoms with van der Waals surface area (Å²) in [4.78, 5) is 12.7.